The van der Waals surface area contributed by atoms with Crippen molar-refractivity contribution in [1.29, 1.82) is 0 Å². The van der Waals surface area contributed by atoms with E-state index in [1.807, 2.05) is 0 Å². The maximum absolute atomic E-state index is 7.22. The van der Waals surface area contributed by atoms with Crippen LogP contribution in [0, 0.1) is 41.5 Å². The molecule has 0 saturated heterocycles. The van der Waals surface area contributed by atoms with Gasteiger partial charge in [0, 0.05) is 92.5 Å². The summed E-state index contributed by atoms with van der Waals surface area (Å²) in [6.45, 7) is 12.7. The Labute approximate surface area is 480 Å². The zero-order valence-corrected chi connectivity index (χ0v) is 46.9. The molecule has 0 radical (unpaired) electrons. The fourth-order valence-electron chi connectivity index (χ4n) is 13.9. The van der Waals surface area contributed by atoms with Crippen LogP contribution < -0.4 is 0 Å². The zero-order valence-electron chi connectivity index (χ0n) is 46.9. The van der Waals surface area contributed by atoms with Crippen LogP contribution in [0.2, 0.25) is 0 Å². The van der Waals surface area contributed by atoms with Crippen LogP contribution in [0.15, 0.2) is 221 Å². The molecule has 0 amide bonds. The van der Waals surface area contributed by atoms with Crippen LogP contribution in [0.3, 0.4) is 0 Å². The molecule has 6 aromatic heterocycles. The molecule has 12 aromatic carbocycles. The molecule has 0 N–H and O–H groups in total. The first-order valence-corrected chi connectivity index (χ1v) is 28.8. The molecule has 0 aliphatic heterocycles. The quantitative estimate of drug-likeness (QED) is 0.171. The average molecular weight is 1080 g/mol. The van der Waals surface area contributed by atoms with Crippen molar-refractivity contribution in [3.05, 3.63) is 228 Å². The van der Waals surface area contributed by atoms with E-state index in [0.29, 0.717) is 0 Å². The molecular formula is C78H50O6. The fourth-order valence-corrected chi connectivity index (χ4v) is 13.9. The summed E-state index contributed by atoms with van der Waals surface area (Å²) in [4.78, 5) is 0. The Morgan fingerprint density at radius 2 is 0.488 bits per heavy atom. The zero-order chi connectivity index (χ0) is 56.0. The summed E-state index contributed by atoms with van der Waals surface area (Å²) in [6.07, 6.45) is 0. The van der Waals surface area contributed by atoms with Crippen molar-refractivity contribution in [2.24, 2.45) is 0 Å². The fraction of sp³-hybridized carbons (Fsp3) is 0.0769. The van der Waals surface area contributed by atoms with Crippen molar-refractivity contribution in [3.63, 3.8) is 0 Å². The van der Waals surface area contributed by atoms with Gasteiger partial charge in [-0.2, -0.15) is 0 Å². The van der Waals surface area contributed by atoms with E-state index in [1.54, 1.807) is 0 Å². The Morgan fingerprint density at radius 3 is 0.905 bits per heavy atom. The number of furan rings is 6. The second kappa shape index (κ2) is 17.0. The van der Waals surface area contributed by atoms with Gasteiger partial charge in [0.1, 0.15) is 67.0 Å². The van der Waals surface area contributed by atoms with Gasteiger partial charge in [-0.1, -0.05) is 127 Å². The lowest BCUT2D eigenvalue weighted by molar-refractivity contribution is 0.662. The van der Waals surface area contributed by atoms with Gasteiger partial charge >= 0.3 is 0 Å². The molecule has 0 atom stereocenters. The Balaban J connectivity index is 0.934. The molecule has 18 rings (SSSR count). The van der Waals surface area contributed by atoms with Crippen molar-refractivity contribution >= 4 is 132 Å². The topological polar surface area (TPSA) is 78.8 Å². The van der Waals surface area contributed by atoms with Gasteiger partial charge in [-0.3, -0.25) is 0 Å². The first-order chi connectivity index (χ1) is 41.1. The SMILES string of the molecule is Cc1ccc2oc3ccc(-c4cc(-c5cc(-c6cc(-c7cc(-c8cccc9c8oc8c(C)cccc89)c8oc9c(C)cccc9c8c7)cc7c6oc6c(C)cccc67)c6oc7c(C)cccc7c6c5)cc5c4oc4c(C)cccc45)cc3c2c1. The summed E-state index contributed by atoms with van der Waals surface area (Å²) in [5, 5.41) is 12.6. The monoisotopic (exact) mass is 1080 g/mol. The maximum Gasteiger partial charge on any atom is 0.143 e. The lowest BCUT2D eigenvalue weighted by Crippen LogP contribution is -1.89. The molecule has 0 spiro atoms. The lowest BCUT2D eigenvalue weighted by Gasteiger charge is -2.13. The van der Waals surface area contributed by atoms with E-state index < -0.39 is 0 Å². The molecule has 0 aliphatic rings. The Morgan fingerprint density at radius 1 is 0.190 bits per heavy atom. The van der Waals surface area contributed by atoms with E-state index in [2.05, 4.69) is 236 Å². The van der Waals surface area contributed by atoms with Gasteiger partial charge in [-0.05, 0) is 170 Å². The van der Waals surface area contributed by atoms with Crippen molar-refractivity contribution in [1.82, 2.24) is 0 Å². The number of hydrogen-bond acceptors (Lipinski definition) is 6. The van der Waals surface area contributed by atoms with Crippen LogP contribution >= 0.6 is 0 Å². The summed E-state index contributed by atoms with van der Waals surface area (Å²) in [6, 6.07) is 69.9. The molecule has 6 heteroatoms. The highest BCUT2D eigenvalue weighted by Crippen LogP contribution is 2.50. The molecule has 6 heterocycles. The summed E-state index contributed by atoms with van der Waals surface area (Å²) in [5.74, 6) is 0. The highest BCUT2D eigenvalue weighted by molar-refractivity contribution is 6.21. The van der Waals surface area contributed by atoms with E-state index in [-0.39, 0.29) is 0 Å². The predicted molar refractivity (Wildman–Crippen MR) is 346 cm³/mol. The van der Waals surface area contributed by atoms with Crippen LogP contribution in [0.1, 0.15) is 33.4 Å². The second-order valence-corrected chi connectivity index (χ2v) is 23.4. The molecule has 0 aliphatic carbocycles. The van der Waals surface area contributed by atoms with Gasteiger partial charge in [-0.25, -0.2) is 0 Å². The molecule has 0 unspecified atom stereocenters. The summed E-state index contributed by atoms with van der Waals surface area (Å²) in [5.41, 5.74) is 26.6. The third kappa shape index (κ3) is 6.62. The first-order valence-electron chi connectivity index (χ1n) is 28.8. The van der Waals surface area contributed by atoms with E-state index >= 15 is 0 Å². The maximum atomic E-state index is 7.22. The smallest absolute Gasteiger partial charge is 0.143 e. The lowest BCUT2D eigenvalue weighted by atomic mass is 9.89. The summed E-state index contributed by atoms with van der Waals surface area (Å²) in [7, 11) is 0. The average Bonchev–Trinajstić information content (AvgIpc) is 2.07. The Bertz CT molecular complexity index is 5940. The van der Waals surface area contributed by atoms with E-state index in [1.165, 1.54) is 5.56 Å². The van der Waals surface area contributed by atoms with Crippen molar-refractivity contribution < 1.29 is 26.5 Å². The minimum atomic E-state index is 0.787. The van der Waals surface area contributed by atoms with Crippen molar-refractivity contribution in [2.45, 2.75) is 41.5 Å². The van der Waals surface area contributed by atoms with Crippen molar-refractivity contribution in [3.8, 4) is 55.6 Å². The van der Waals surface area contributed by atoms with E-state index in [4.69, 9.17) is 26.5 Å². The molecule has 398 valence electrons. The number of rotatable bonds is 5. The van der Waals surface area contributed by atoms with Crippen LogP contribution in [0.5, 0.6) is 0 Å². The first kappa shape index (κ1) is 47.1. The van der Waals surface area contributed by atoms with Gasteiger partial charge in [0.25, 0.3) is 0 Å². The standard InChI is InChI=1S/C78H50O6/c1-39-25-27-67-58(29-39)59-30-45(26-28-68(59)79-67)57-31-46(32-60-52-19-8-14-41(3)70(52)81-75(57)60)48-34-62-54-21-10-16-43(5)72(54)83-77(62)65(37-48)66-38-49(35-63-55-22-11-17-44(6)73(55)84-78(63)66)47-33-61-53-20-9-15-42(4)71(53)82-76(61)64(36-47)56-24-12-23-51-50-18-7-13-40(2)69(50)80-74(51)56/h7-38H,1-6H3. The van der Waals surface area contributed by atoms with Crippen LogP contribution in [-0.2, 0) is 0 Å². The second-order valence-electron chi connectivity index (χ2n) is 23.4. The molecule has 18 aromatic rings. The number of benzene rings is 12. The van der Waals surface area contributed by atoms with Crippen LogP contribution in [0.25, 0.3) is 187 Å². The third-order valence-corrected chi connectivity index (χ3v) is 18.1. The van der Waals surface area contributed by atoms with Crippen LogP contribution in [-0.4, -0.2) is 0 Å². The largest absolute Gasteiger partial charge is 0.456 e. The predicted octanol–water partition coefficient (Wildman–Crippen LogP) is 23.3. The Kier molecular flexibility index (Phi) is 9.54. The number of hydrogen-bond donors (Lipinski definition) is 0. The van der Waals surface area contributed by atoms with Crippen LogP contribution in [0.4, 0.5) is 0 Å². The normalized spacial score (nSPS) is 12.4. The van der Waals surface area contributed by atoms with Gasteiger partial charge in [0.2, 0.25) is 0 Å². The van der Waals surface area contributed by atoms with E-state index in [9.17, 15) is 0 Å². The summed E-state index contributed by atoms with van der Waals surface area (Å²) < 4.78 is 41.8. The third-order valence-electron chi connectivity index (χ3n) is 18.1. The highest BCUT2D eigenvalue weighted by atomic mass is 16.4. The van der Waals surface area contributed by atoms with Gasteiger partial charge in [-0.15, -0.1) is 0 Å². The van der Waals surface area contributed by atoms with Gasteiger partial charge in [0.05, 0.1) is 0 Å². The molecular weight excluding hydrogens is 1030 g/mol. The van der Waals surface area contributed by atoms with Gasteiger partial charge in [0.15, 0.2) is 0 Å². The number of para-hydroxylation sites is 6. The minimum Gasteiger partial charge on any atom is -0.456 e. The Hall–Kier alpha value is -10.6. The summed E-state index contributed by atoms with van der Waals surface area (Å²) >= 11 is 0. The molecule has 0 bridgehead atoms. The number of aryl methyl sites for hydroxylation is 6. The minimum absolute atomic E-state index is 0.787. The van der Waals surface area contributed by atoms with Gasteiger partial charge < -0.3 is 26.5 Å². The molecule has 0 fully saturated rings. The highest BCUT2D eigenvalue weighted by Gasteiger charge is 2.26. The number of fused-ring (bicyclic) bond motifs is 18. The van der Waals surface area contributed by atoms with Crippen molar-refractivity contribution in [2.75, 3.05) is 0 Å². The molecule has 6 nitrogen and oxygen atoms in total. The molecule has 84 heavy (non-hydrogen) atoms. The van der Waals surface area contributed by atoms with E-state index in [0.717, 1.165) is 215 Å². The molecule has 0 saturated carbocycles.